The first-order chi connectivity index (χ1) is 19.8. The van der Waals surface area contributed by atoms with Crippen molar-refractivity contribution in [3.8, 4) is 5.75 Å². The van der Waals surface area contributed by atoms with Crippen LogP contribution in [-0.4, -0.2) is 55.9 Å². The van der Waals surface area contributed by atoms with E-state index in [-0.39, 0.29) is 34.6 Å². The van der Waals surface area contributed by atoms with Crippen LogP contribution in [0.25, 0.3) is 0 Å². The van der Waals surface area contributed by atoms with E-state index in [0.717, 1.165) is 37.7 Å². The average molecular weight is 586 g/mol. The second kappa shape index (κ2) is 11.3. The number of carbonyl (C=O) groups excluding carboxylic acids is 2. The molecule has 10 nitrogen and oxygen atoms in total. The molecule has 224 valence electrons. The molecule has 1 aromatic heterocycles. The highest BCUT2D eigenvalue weighted by molar-refractivity contribution is 6.03. The van der Waals surface area contributed by atoms with Crippen LogP contribution in [-0.2, 0) is 6.54 Å². The number of aromatic amines is 1. The predicted octanol–water partition coefficient (Wildman–Crippen LogP) is 6.16. The third-order valence-corrected chi connectivity index (χ3v) is 8.49. The molecular formula is C29H34F3N7O3. The highest BCUT2D eigenvalue weighted by atomic mass is 19.4. The van der Waals surface area contributed by atoms with Crippen LogP contribution in [0.5, 0.6) is 5.75 Å². The number of H-pyrrole nitrogens is 1. The number of anilines is 2. The molecule has 2 fully saturated rings. The van der Waals surface area contributed by atoms with E-state index in [2.05, 4.69) is 51.4 Å². The summed E-state index contributed by atoms with van der Waals surface area (Å²) < 4.78 is 41.9. The molecule has 1 saturated heterocycles. The molecule has 3 aromatic rings. The molecule has 2 aromatic carbocycles. The Morgan fingerprint density at radius 1 is 1.05 bits per heavy atom. The van der Waals surface area contributed by atoms with Gasteiger partial charge < -0.3 is 9.64 Å². The van der Waals surface area contributed by atoms with E-state index in [4.69, 9.17) is 0 Å². The molecule has 3 amide bonds. The number of carbonyl (C=O) groups is 2. The molecule has 0 unspecified atom stereocenters. The lowest BCUT2D eigenvalue weighted by molar-refractivity contribution is -0.274. The van der Waals surface area contributed by atoms with Gasteiger partial charge in [-0.15, -0.1) is 13.2 Å². The van der Waals surface area contributed by atoms with Crippen molar-refractivity contribution in [2.75, 3.05) is 16.8 Å². The van der Waals surface area contributed by atoms with Gasteiger partial charge in [0.2, 0.25) is 5.95 Å². The van der Waals surface area contributed by atoms with Crippen LogP contribution < -0.4 is 15.0 Å². The Morgan fingerprint density at radius 2 is 1.71 bits per heavy atom. The molecule has 0 atom stereocenters. The lowest BCUT2D eigenvalue weighted by Gasteiger charge is -2.54. The molecule has 0 radical (unpaired) electrons. The minimum Gasteiger partial charge on any atom is -0.406 e. The zero-order chi connectivity index (χ0) is 30.1. The molecular weight excluding hydrogens is 551 g/mol. The lowest BCUT2D eigenvalue weighted by atomic mass is 9.65. The van der Waals surface area contributed by atoms with Crippen LogP contribution in [0.4, 0.5) is 29.6 Å². The first-order valence-electron chi connectivity index (χ1n) is 13.9. The number of hydrogen-bond donors (Lipinski definition) is 2. The van der Waals surface area contributed by atoms with Gasteiger partial charge in [-0.05, 0) is 95.8 Å². The smallest absolute Gasteiger partial charge is 0.406 e. The summed E-state index contributed by atoms with van der Waals surface area (Å²) in [5, 5.41) is 15.6. The van der Waals surface area contributed by atoms with E-state index in [1.165, 1.54) is 24.3 Å². The second-order valence-corrected chi connectivity index (χ2v) is 12.1. The van der Waals surface area contributed by atoms with Gasteiger partial charge >= 0.3 is 12.4 Å². The van der Waals surface area contributed by atoms with E-state index in [1.54, 1.807) is 17.0 Å². The number of ether oxygens (including phenoxy) is 1. The van der Waals surface area contributed by atoms with Gasteiger partial charge in [0, 0.05) is 29.9 Å². The van der Waals surface area contributed by atoms with Crippen LogP contribution >= 0.6 is 0 Å². The summed E-state index contributed by atoms with van der Waals surface area (Å²) in [4.78, 5) is 30.2. The molecule has 1 spiro atoms. The summed E-state index contributed by atoms with van der Waals surface area (Å²) in [5.41, 5.74) is 1.61. The highest BCUT2D eigenvalue weighted by Gasteiger charge is 2.48. The van der Waals surface area contributed by atoms with Crippen LogP contribution in [0, 0.1) is 11.3 Å². The Labute approximate surface area is 241 Å². The van der Waals surface area contributed by atoms with Crippen LogP contribution in [0.1, 0.15) is 68.8 Å². The molecule has 2 N–H and O–H groups in total. The van der Waals surface area contributed by atoms with Gasteiger partial charge in [-0.25, -0.2) is 9.89 Å². The van der Waals surface area contributed by atoms with E-state index in [1.807, 2.05) is 17.0 Å². The maximum Gasteiger partial charge on any atom is 0.573 e. The number of tetrazole rings is 1. The fourth-order valence-corrected chi connectivity index (χ4v) is 6.08. The third kappa shape index (κ3) is 6.50. The van der Waals surface area contributed by atoms with Gasteiger partial charge in [0.1, 0.15) is 5.75 Å². The minimum absolute atomic E-state index is 0.133. The first kappa shape index (κ1) is 29.3. The number of hydrogen-bond acceptors (Lipinski definition) is 6. The number of rotatable bonds is 6. The highest BCUT2D eigenvalue weighted by Crippen LogP contribution is 2.47. The molecule has 2 aliphatic rings. The van der Waals surface area contributed by atoms with Crippen LogP contribution in [0.2, 0.25) is 0 Å². The molecule has 5 rings (SSSR count). The quantitative estimate of drug-likeness (QED) is 0.358. The van der Waals surface area contributed by atoms with Crippen molar-refractivity contribution in [2.24, 2.45) is 11.3 Å². The Bertz CT molecular complexity index is 1380. The van der Waals surface area contributed by atoms with Crippen molar-refractivity contribution in [3.63, 3.8) is 0 Å². The number of aromatic nitrogens is 4. The van der Waals surface area contributed by atoms with Crippen molar-refractivity contribution in [3.05, 3.63) is 59.7 Å². The maximum absolute atomic E-state index is 14.1. The zero-order valence-corrected chi connectivity index (χ0v) is 23.7. The van der Waals surface area contributed by atoms with Crippen molar-refractivity contribution < 1.29 is 27.5 Å². The van der Waals surface area contributed by atoms with E-state index in [9.17, 15) is 22.8 Å². The van der Waals surface area contributed by atoms with Crippen molar-refractivity contribution in [2.45, 2.75) is 71.3 Å². The summed E-state index contributed by atoms with van der Waals surface area (Å²) in [6.45, 7) is 7.56. The predicted molar refractivity (Wildman–Crippen MR) is 149 cm³/mol. The SMILES string of the molecule is CC(C)(C)[C@H]1CC[C@@]2(CCN(c3ccc(OC(F)(F)F)cc3)C(=O)N2Cc2ccc(C(=O)Nc3nnn[nH]3)cc2)CC1. The lowest BCUT2D eigenvalue weighted by Crippen LogP contribution is -2.63. The zero-order valence-electron chi connectivity index (χ0n) is 23.7. The molecule has 1 saturated carbocycles. The Hall–Kier alpha value is -4.16. The number of nitrogens with one attached hydrogen (secondary N) is 2. The van der Waals surface area contributed by atoms with Gasteiger partial charge in [-0.1, -0.05) is 38.0 Å². The normalized spacial score (nSPS) is 21.5. The average Bonchev–Trinajstić information content (AvgIpc) is 3.44. The second-order valence-electron chi connectivity index (χ2n) is 12.1. The van der Waals surface area contributed by atoms with Crippen molar-refractivity contribution >= 4 is 23.6 Å². The largest absolute Gasteiger partial charge is 0.573 e. The summed E-state index contributed by atoms with van der Waals surface area (Å²) in [6, 6.07) is 12.2. The monoisotopic (exact) mass is 585 g/mol. The Kier molecular flexibility index (Phi) is 7.86. The van der Waals surface area contributed by atoms with Crippen molar-refractivity contribution in [1.29, 1.82) is 0 Å². The number of alkyl halides is 3. The van der Waals surface area contributed by atoms with E-state index < -0.39 is 6.36 Å². The summed E-state index contributed by atoms with van der Waals surface area (Å²) in [6.07, 6.45) is -0.293. The molecule has 1 aliphatic heterocycles. The van der Waals surface area contributed by atoms with Gasteiger partial charge in [-0.3, -0.25) is 15.0 Å². The fraction of sp³-hybridized carbons (Fsp3) is 0.483. The van der Waals surface area contributed by atoms with Gasteiger partial charge in [-0.2, -0.15) is 0 Å². The Morgan fingerprint density at radius 3 is 2.29 bits per heavy atom. The van der Waals surface area contributed by atoms with Gasteiger partial charge in [0.15, 0.2) is 0 Å². The third-order valence-electron chi connectivity index (χ3n) is 8.49. The van der Waals surface area contributed by atoms with Crippen LogP contribution in [0.3, 0.4) is 0 Å². The maximum atomic E-state index is 14.1. The van der Waals surface area contributed by atoms with Gasteiger partial charge in [0.25, 0.3) is 5.91 Å². The van der Waals surface area contributed by atoms with Crippen molar-refractivity contribution in [1.82, 2.24) is 25.5 Å². The molecule has 13 heteroatoms. The summed E-state index contributed by atoms with van der Waals surface area (Å²) in [7, 11) is 0. The van der Waals surface area contributed by atoms with E-state index in [0.29, 0.717) is 30.3 Å². The molecule has 2 heterocycles. The fourth-order valence-electron chi connectivity index (χ4n) is 6.08. The Balaban J connectivity index is 1.37. The number of urea groups is 1. The molecule has 1 aliphatic carbocycles. The molecule has 0 bridgehead atoms. The number of benzene rings is 2. The molecule has 42 heavy (non-hydrogen) atoms. The topological polar surface area (TPSA) is 116 Å². The number of halogens is 3. The van der Waals surface area contributed by atoms with E-state index >= 15 is 0 Å². The summed E-state index contributed by atoms with van der Waals surface area (Å²) >= 11 is 0. The summed E-state index contributed by atoms with van der Waals surface area (Å²) in [5.74, 6) is -0.0333. The number of nitrogens with zero attached hydrogens (tertiary/aromatic N) is 5. The van der Waals surface area contributed by atoms with Crippen LogP contribution in [0.15, 0.2) is 48.5 Å². The first-order valence-corrected chi connectivity index (χ1v) is 13.9. The standard InChI is InChI=1S/C29H34F3N7O3/c1-27(2,3)21-12-14-28(15-13-21)16-17-38(22-8-10-23(11-9-22)42-29(30,31)32)26(41)39(28)18-19-4-6-20(7-5-19)24(40)33-25-34-36-37-35-25/h4-11,21H,12-18H2,1-3H3,(H2,33,34,35,36,37,40)/t21-,28-. The minimum atomic E-state index is -4.79. The van der Waals surface area contributed by atoms with Gasteiger partial charge in [0.05, 0.1) is 0 Å². The number of amides is 3.